The Kier molecular flexibility index (Phi) is 4.66. The number of hydrogen-bond donors (Lipinski definition) is 3. The second-order valence-corrected chi connectivity index (χ2v) is 8.87. The molecular weight excluding hydrogens is 422 g/mol. The monoisotopic (exact) mass is 443 g/mol. The molecule has 6 unspecified atom stereocenters. The van der Waals surface area contributed by atoms with Crippen LogP contribution < -0.4 is 4.74 Å². The molecule has 2 aliphatic heterocycles. The number of halogens is 1. The van der Waals surface area contributed by atoms with Gasteiger partial charge in [-0.1, -0.05) is 35.9 Å². The highest BCUT2D eigenvalue weighted by molar-refractivity contribution is 6.33. The Hall–Kier alpha value is -2.23. The molecule has 162 valence electrons. The summed E-state index contributed by atoms with van der Waals surface area (Å²) in [5, 5.41) is 19.7. The third kappa shape index (κ3) is 3.39. The Labute approximate surface area is 183 Å². The molecule has 3 aromatic rings. The minimum atomic E-state index is -0.627. The molecule has 3 N–H and O–H groups in total. The van der Waals surface area contributed by atoms with Crippen molar-refractivity contribution in [2.75, 3.05) is 19.8 Å². The van der Waals surface area contributed by atoms with Crippen LogP contribution in [-0.2, 0) is 9.47 Å². The average Bonchev–Trinajstić information content (AvgIpc) is 3.08. The molecule has 6 rings (SSSR count). The fraction of sp³-hybridized carbons (Fsp3) is 0.455. The third-order valence-corrected chi connectivity index (χ3v) is 6.71. The van der Waals surface area contributed by atoms with Crippen LogP contribution in [0, 0.1) is 5.92 Å². The third-order valence-electron chi connectivity index (χ3n) is 6.42. The van der Waals surface area contributed by atoms with E-state index in [1.165, 1.54) is 5.56 Å². The standard InChI is InChI=1S/C22H22ClN3O5/c23-14-6-15-21(25-18(14)11-3-1-10(2-4-11)13-5-12(13)7-27)26-22(24-15)31-17-9-30-19-16(28)8-29-20(17)19/h1-4,6,12-13,16-17,19-20,27-28H,5,7-9H2,(H,24,25,26). The summed E-state index contributed by atoms with van der Waals surface area (Å²) >= 11 is 6.51. The second-order valence-electron chi connectivity index (χ2n) is 8.46. The number of hydrogen-bond acceptors (Lipinski definition) is 7. The van der Waals surface area contributed by atoms with Gasteiger partial charge in [0.15, 0.2) is 11.8 Å². The molecule has 8 nitrogen and oxygen atoms in total. The molecule has 0 amide bonds. The molecule has 1 saturated carbocycles. The molecule has 0 spiro atoms. The Morgan fingerprint density at radius 3 is 2.71 bits per heavy atom. The van der Waals surface area contributed by atoms with Crippen molar-refractivity contribution in [3.63, 3.8) is 0 Å². The summed E-state index contributed by atoms with van der Waals surface area (Å²) in [7, 11) is 0. The number of fused-ring (bicyclic) bond motifs is 2. The van der Waals surface area contributed by atoms with Gasteiger partial charge < -0.3 is 29.4 Å². The SMILES string of the molecule is OCC1CC1c1ccc(-c2nc3nc(OC4COC5C(O)COC45)[nH]c3cc2Cl)cc1. The zero-order valence-electron chi connectivity index (χ0n) is 16.6. The van der Waals surface area contributed by atoms with Crippen LogP contribution in [0.15, 0.2) is 30.3 Å². The topological polar surface area (TPSA) is 110 Å². The van der Waals surface area contributed by atoms with Crippen molar-refractivity contribution in [2.24, 2.45) is 5.92 Å². The van der Waals surface area contributed by atoms with Gasteiger partial charge in [-0.15, -0.1) is 0 Å². The largest absolute Gasteiger partial charge is 0.456 e. The molecule has 2 saturated heterocycles. The van der Waals surface area contributed by atoms with Crippen LogP contribution in [0.25, 0.3) is 22.4 Å². The Morgan fingerprint density at radius 1 is 1.13 bits per heavy atom. The zero-order chi connectivity index (χ0) is 21.1. The minimum Gasteiger partial charge on any atom is -0.456 e. The Bertz CT molecular complexity index is 1120. The summed E-state index contributed by atoms with van der Waals surface area (Å²) in [5.74, 6) is 0.824. The number of nitrogens with zero attached hydrogens (tertiary/aromatic N) is 2. The van der Waals surface area contributed by atoms with Crippen LogP contribution >= 0.6 is 11.6 Å². The number of aliphatic hydroxyl groups is 2. The number of aliphatic hydroxyl groups excluding tert-OH is 2. The van der Waals surface area contributed by atoms with E-state index in [0.29, 0.717) is 46.3 Å². The first kappa shape index (κ1) is 19.5. The predicted octanol–water partition coefficient (Wildman–Crippen LogP) is 2.28. The van der Waals surface area contributed by atoms with Crippen LogP contribution in [0.5, 0.6) is 6.01 Å². The van der Waals surface area contributed by atoms with Crippen LogP contribution in [0.4, 0.5) is 0 Å². The quantitative estimate of drug-likeness (QED) is 0.555. The first-order valence-electron chi connectivity index (χ1n) is 10.5. The van der Waals surface area contributed by atoms with Crippen molar-refractivity contribution < 1.29 is 24.4 Å². The molecule has 0 radical (unpaired) electrons. The average molecular weight is 444 g/mol. The molecule has 1 aliphatic carbocycles. The highest BCUT2D eigenvalue weighted by atomic mass is 35.5. The van der Waals surface area contributed by atoms with Gasteiger partial charge >= 0.3 is 0 Å². The summed E-state index contributed by atoms with van der Waals surface area (Å²) in [6.45, 7) is 0.810. The van der Waals surface area contributed by atoms with Gasteiger partial charge in [0.25, 0.3) is 6.01 Å². The molecule has 1 aromatic carbocycles. The van der Waals surface area contributed by atoms with Crippen LogP contribution in [0.2, 0.25) is 5.02 Å². The van der Waals surface area contributed by atoms with Gasteiger partial charge in [0.05, 0.1) is 29.4 Å². The van der Waals surface area contributed by atoms with E-state index in [-0.39, 0.29) is 31.5 Å². The van der Waals surface area contributed by atoms with Gasteiger partial charge in [-0.3, -0.25) is 0 Å². The Morgan fingerprint density at radius 2 is 1.94 bits per heavy atom. The first-order valence-corrected chi connectivity index (χ1v) is 10.8. The van der Waals surface area contributed by atoms with Crippen LogP contribution in [-0.4, -0.2) is 69.4 Å². The predicted molar refractivity (Wildman–Crippen MR) is 112 cm³/mol. The van der Waals surface area contributed by atoms with E-state index in [1.54, 1.807) is 6.07 Å². The van der Waals surface area contributed by atoms with Crippen molar-refractivity contribution >= 4 is 22.8 Å². The lowest BCUT2D eigenvalue weighted by molar-refractivity contribution is 0.00706. The van der Waals surface area contributed by atoms with E-state index >= 15 is 0 Å². The molecular formula is C22H22ClN3O5. The van der Waals surface area contributed by atoms with Crippen molar-refractivity contribution in [1.82, 2.24) is 15.0 Å². The first-order chi connectivity index (χ1) is 15.1. The van der Waals surface area contributed by atoms with Gasteiger partial charge in [0.2, 0.25) is 0 Å². The van der Waals surface area contributed by atoms with E-state index in [4.69, 9.17) is 25.8 Å². The number of aromatic amines is 1. The van der Waals surface area contributed by atoms with E-state index in [0.717, 1.165) is 12.0 Å². The van der Waals surface area contributed by atoms with Crippen molar-refractivity contribution in [3.05, 3.63) is 40.9 Å². The molecule has 31 heavy (non-hydrogen) atoms. The number of rotatable bonds is 5. The van der Waals surface area contributed by atoms with E-state index in [2.05, 4.69) is 27.1 Å². The lowest BCUT2D eigenvalue weighted by Crippen LogP contribution is -2.34. The van der Waals surface area contributed by atoms with Crippen molar-refractivity contribution in [1.29, 1.82) is 0 Å². The summed E-state index contributed by atoms with van der Waals surface area (Å²) in [6, 6.07) is 10.3. The maximum absolute atomic E-state index is 9.88. The molecule has 3 aliphatic rings. The molecule has 3 fully saturated rings. The maximum Gasteiger partial charge on any atom is 0.296 e. The maximum atomic E-state index is 9.88. The molecule has 9 heteroatoms. The smallest absolute Gasteiger partial charge is 0.296 e. The highest BCUT2D eigenvalue weighted by Gasteiger charge is 2.48. The number of nitrogens with one attached hydrogen (secondary N) is 1. The van der Waals surface area contributed by atoms with Gasteiger partial charge in [-0.05, 0) is 29.9 Å². The summed E-state index contributed by atoms with van der Waals surface area (Å²) < 4.78 is 17.1. The fourth-order valence-electron chi connectivity index (χ4n) is 4.59. The van der Waals surface area contributed by atoms with Gasteiger partial charge in [0, 0.05) is 12.2 Å². The Balaban J connectivity index is 1.24. The van der Waals surface area contributed by atoms with Crippen LogP contribution in [0.1, 0.15) is 17.9 Å². The van der Waals surface area contributed by atoms with Crippen molar-refractivity contribution in [2.45, 2.75) is 36.8 Å². The summed E-state index contributed by atoms with van der Waals surface area (Å²) in [5.41, 5.74) is 3.96. The highest BCUT2D eigenvalue weighted by Crippen LogP contribution is 2.47. The number of ether oxygens (including phenoxy) is 3. The molecule has 2 aromatic heterocycles. The van der Waals surface area contributed by atoms with Gasteiger partial charge in [-0.2, -0.15) is 4.98 Å². The lowest BCUT2D eigenvalue weighted by Gasteiger charge is -2.15. The van der Waals surface area contributed by atoms with E-state index in [1.807, 2.05) is 12.1 Å². The molecule has 6 atom stereocenters. The van der Waals surface area contributed by atoms with Crippen molar-refractivity contribution in [3.8, 4) is 17.3 Å². The van der Waals surface area contributed by atoms with E-state index in [9.17, 15) is 10.2 Å². The van der Waals surface area contributed by atoms with E-state index < -0.39 is 6.10 Å². The number of aromatic nitrogens is 3. The zero-order valence-corrected chi connectivity index (χ0v) is 17.3. The van der Waals surface area contributed by atoms with Crippen LogP contribution in [0.3, 0.4) is 0 Å². The number of benzene rings is 1. The number of pyridine rings is 1. The minimum absolute atomic E-state index is 0.237. The molecule has 0 bridgehead atoms. The lowest BCUT2D eigenvalue weighted by atomic mass is 10.0. The number of H-pyrrole nitrogens is 1. The van der Waals surface area contributed by atoms with Gasteiger partial charge in [-0.25, -0.2) is 4.98 Å². The number of imidazole rings is 1. The summed E-state index contributed by atoms with van der Waals surface area (Å²) in [6.07, 6.45) is -0.617. The normalized spacial score (nSPS) is 31.8. The molecule has 4 heterocycles. The fourth-order valence-corrected chi connectivity index (χ4v) is 4.85. The second kappa shape index (κ2) is 7.43. The van der Waals surface area contributed by atoms with Gasteiger partial charge in [0.1, 0.15) is 18.3 Å². The summed E-state index contributed by atoms with van der Waals surface area (Å²) in [4.78, 5) is 12.2.